The molecule has 1 amide bonds. The maximum atomic E-state index is 13.3. The van der Waals surface area contributed by atoms with Crippen LogP contribution in [0.15, 0.2) is 22.7 Å². The fraction of sp³-hybridized carbons (Fsp3) is 0.533. The summed E-state index contributed by atoms with van der Waals surface area (Å²) in [5.74, 6) is -0.305. The lowest BCUT2D eigenvalue weighted by atomic mass is 10.1. The van der Waals surface area contributed by atoms with Crippen LogP contribution < -0.4 is 5.32 Å². The fourth-order valence-corrected chi connectivity index (χ4v) is 2.75. The third-order valence-corrected chi connectivity index (χ3v) is 3.95. The number of nitrogens with one attached hydrogen (secondary N) is 1. The number of hydrogen-bond acceptors (Lipinski definition) is 3. The minimum Gasteiger partial charge on any atom is -0.378 e. The maximum Gasteiger partial charge on any atom is 0.239 e. The number of ether oxygens (including phenoxy) is 1. The van der Waals surface area contributed by atoms with Crippen molar-refractivity contribution in [3.05, 3.63) is 34.1 Å². The van der Waals surface area contributed by atoms with Crippen molar-refractivity contribution in [2.75, 3.05) is 19.8 Å². The van der Waals surface area contributed by atoms with Crippen LogP contribution in [0.3, 0.4) is 0 Å². The normalized spacial score (nSPS) is 19.8. The Morgan fingerprint density at radius 2 is 2.33 bits per heavy atom. The van der Waals surface area contributed by atoms with E-state index in [0.717, 1.165) is 5.56 Å². The third-order valence-electron chi connectivity index (χ3n) is 3.34. The Hall–Kier alpha value is -0.980. The first kappa shape index (κ1) is 16.4. The summed E-state index contributed by atoms with van der Waals surface area (Å²) in [6.07, 6.45) is 0. The Kier molecular flexibility index (Phi) is 5.72. The van der Waals surface area contributed by atoms with Gasteiger partial charge in [0.25, 0.3) is 0 Å². The van der Waals surface area contributed by atoms with Crippen LogP contribution in [0, 0.1) is 5.82 Å². The number of carbonyl (C=O) groups excluding carboxylic acids is 1. The molecule has 0 aliphatic carbocycles. The Morgan fingerprint density at radius 1 is 1.57 bits per heavy atom. The number of benzene rings is 1. The van der Waals surface area contributed by atoms with E-state index >= 15 is 0 Å². The molecule has 1 saturated heterocycles. The summed E-state index contributed by atoms with van der Waals surface area (Å²) >= 11 is 3.19. The molecule has 1 aromatic carbocycles. The molecule has 1 atom stereocenters. The van der Waals surface area contributed by atoms with Crippen molar-refractivity contribution < 1.29 is 13.9 Å². The molecule has 1 heterocycles. The highest BCUT2D eigenvalue weighted by Crippen LogP contribution is 2.19. The predicted octanol–water partition coefficient (Wildman–Crippen LogP) is 2.31. The number of nitrogens with zero attached hydrogens (tertiary/aromatic N) is 1. The number of hydrogen-bond donors (Lipinski definition) is 1. The van der Waals surface area contributed by atoms with Gasteiger partial charge < -0.3 is 10.1 Å². The van der Waals surface area contributed by atoms with Gasteiger partial charge in [-0.05, 0) is 47.5 Å². The first-order valence-electron chi connectivity index (χ1n) is 7.03. The molecule has 4 nitrogen and oxygen atoms in total. The van der Waals surface area contributed by atoms with Gasteiger partial charge in [-0.3, -0.25) is 9.69 Å². The van der Waals surface area contributed by atoms with E-state index in [1.807, 2.05) is 13.8 Å². The average molecular weight is 359 g/mol. The molecule has 0 aromatic heterocycles. The van der Waals surface area contributed by atoms with E-state index in [9.17, 15) is 9.18 Å². The van der Waals surface area contributed by atoms with Crippen molar-refractivity contribution in [3.63, 3.8) is 0 Å². The Labute approximate surface area is 132 Å². The second kappa shape index (κ2) is 7.33. The van der Waals surface area contributed by atoms with Crippen molar-refractivity contribution in [1.82, 2.24) is 10.2 Å². The molecule has 2 rings (SSSR count). The molecule has 1 aromatic rings. The number of carbonyl (C=O) groups is 1. The van der Waals surface area contributed by atoms with Crippen LogP contribution in [0.1, 0.15) is 19.4 Å². The van der Waals surface area contributed by atoms with E-state index in [1.165, 1.54) is 6.07 Å². The van der Waals surface area contributed by atoms with E-state index in [1.54, 1.807) is 12.1 Å². The molecule has 0 spiro atoms. The number of morpholine rings is 1. The zero-order valence-electron chi connectivity index (χ0n) is 12.2. The predicted molar refractivity (Wildman–Crippen MR) is 82.4 cm³/mol. The molecular weight excluding hydrogens is 339 g/mol. The van der Waals surface area contributed by atoms with Gasteiger partial charge in [0.2, 0.25) is 5.91 Å². The molecule has 1 aliphatic rings. The minimum atomic E-state index is -0.301. The molecule has 0 bridgehead atoms. The van der Waals surface area contributed by atoms with E-state index in [4.69, 9.17) is 4.74 Å². The summed E-state index contributed by atoms with van der Waals surface area (Å²) < 4.78 is 19.1. The Balaban J connectivity index is 2.07. The molecule has 116 valence electrons. The fourth-order valence-electron chi connectivity index (χ4n) is 2.32. The second-order valence-corrected chi connectivity index (χ2v) is 6.33. The van der Waals surface area contributed by atoms with Crippen LogP contribution in [-0.4, -0.2) is 42.6 Å². The van der Waals surface area contributed by atoms with Crippen molar-refractivity contribution in [1.29, 1.82) is 0 Å². The summed E-state index contributed by atoms with van der Waals surface area (Å²) in [5.41, 5.74) is 0.965. The average Bonchev–Trinajstić information content (AvgIpc) is 2.43. The number of halogens is 2. The largest absolute Gasteiger partial charge is 0.378 e. The first-order chi connectivity index (χ1) is 9.97. The highest BCUT2D eigenvalue weighted by Gasteiger charge is 2.29. The van der Waals surface area contributed by atoms with E-state index in [2.05, 4.69) is 26.1 Å². The third kappa shape index (κ3) is 4.49. The summed E-state index contributed by atoms with van der Waals surface area (Å²) in [5, 5.41) is 2.92. The van der Waals surface area contributed by atoms with Gasteiger partial charge in [-0.2, -0.15) is 0 Å². The first-order valence-corrected chi connectivity index (χ1v) is 7.82. The Bertz CT molecular complexity index is 510. The lowest BCUT2D eigenvalue weighted by molar-refractivity contribution is -0.133. The van der Waals surface area contributed by atoms with Crippen molar-refractivity contribution in [2.24, 2.45) is 0 Å². The monoisotopic (exact) mass is 358 g/mol. The number of rotatable bonds is 4. The zero-order chi connectivity index (χ0) is 15.4. The highest BCUT2D eigenvalue weighted by molar-refractivity contribution is 9.10. The smallest absolute Gasteiger partial charge is 0.239 e. The van der Waals surface area contributed by atoms with Gasteiger partial charge in [0.1, 0.15) is 11.9 Å². The molecule has 1 aliphatic heterocycles. The molecular formula is C15H20BrFN2O2. The molecule has 1 unspecified atom stereocenters. The van der Waals surface area contributed by atoms with Crippen LogP contribution in [0.25, 0.3) is 0 Å². The van der Waals surface area contributed by atoms with Crippen molar-refractivity contribution >= 4 is 21.8 Å². The molecule has 0 saturated carbocycles. The van der Waals surface area contributed by atoms with Gasteiger partial charge in [0.05, 0.1) is 17.7 Å². The molecule has 1 N–H and O–H groups in total. The quantitative estimate of drug-likeness (QED) is 0.897. The summed E-state index contributed by atoms with van der Waals surface area (Å²) in [7, 11) is 0. The molecule has 6 heteroatoms. The van der Waals surface area contributed by atoms with Crippen molar-refractivity contribution in [3.8, 4) is 0 Å². The van der Waals surface area contributed by atoms with Gasteiger partial charge >= 0.3 is 0 Å². The van der Waals surface area contributed by atoms with Crippen LogP contribution in [0.2, 0.25) is 0 Å². The Morgan fingerprint density at radius 3 is 3.00 bits per heavy atom. The number of amides is 1. The van der Waals surface area contributed by atoms with Gasteiger partial charge in [0, 0.05) is 19.1 Å². The molecule has 21 heavy (non-hydrogen) atoms. The lowest BCUT2D eigenvalue weighted by Gasteiger charge is -2.35. The summed E-state index contributed by atoms with van der Waals surface area (Å²) in [6, 6.07) is 4.73. The van der Waals surface area contributed by atoms with Gasteiger partial charge in [-0.25, -0.2) is 4.39 Å². The summed E-state index contributed by atoms with van der Waals surface area (Å²) in [4.78, 5) is 14.3. The van der Waals surface area contributed by atoms with Crippen LogP contribution in [0.5, 0.6) is 0 Å². The highest BCUT2D eigenvalue weighted by atomic mass is 79.9. The second-order valence-electron chi connectivity index (χ2n) is 5.47. The molecule has 1 fully saturated rings. The molecule has 0 radical (unpaired) electrons. The minimum absolute atomic E-state index is 0.0223. The van der Waals surface area contributed by atoms with E-state index in [0.29, 0.717) is 30.8 Å². The van der Waals surface area contributed by atoms with Crippen LogP contribution >= 0.6 is 15.9 Å². The van der Waals surface area contributed by atoms with Gasteiger partial charge in [0.15, 0.2) is 0 Å². The zero-order valence-corrected chi connectivity index (χ0v) is 13.8. The van der Waals surface area contributed by atoms with Gasteiger partial charge in [-0.15, -0.1) is 0 Å². The SMILES string of the molecule is CC(C)NC(=O)C1COCCN1Cc1ccc(F)c(Br)c1. The van der Waals surface area contributed by atoms with E-state index in [-0.39, 0.29) is 23.8 Å². The van der Waals surface area contributed by atoms with E-state index < -0.39 is 0 Å². The van der Waals surface area contributed by atoms with Crippen molar-refractivity contribution in [2.45, 2.75) is 32.5 Å². The van der Waals surface area contributed by atoms with Crippen LogP contribution in [-0.2, 0) is 16.1 Å². The lowest BCUT2D eigenvalue weighted by Crippen LogP contribution is -2.54. The topological polar surface area (TPSA) is 41.6 Å². The van der Waals surface area contributed by atoms with Crippen LogP contribution in [0.4, 0.5) is 4.39 Å². The van der Waals surface area contributed by atoms with Gasteiger partial charge in [-0.1, -0.05) is 6.07 Å². The maximum absolute atomic E-state index is 13.3. The summed E-state index contributed by atoms with van der Waals surface area (Å²) in [6.45, 7) is 6.14. The standard InChI is InChI=1S/C15H20BrFN2O2/c1-10(2)18-15(20)14-9-21-6-5-19(14)8-11-3-4-13(17)12(16)7-11/h3-4,7,10,14H,5-6,8-9H2,1-2H3,(H,18,20).